The largest absolute Gasteiger partial charge is 0.319 e. The second-order valence-corrected chi connectivity index (χ2v) is 6.67. The molecular formula is C10H14ClNO2S. The van der Waals surface area contributed by atoms with E-state index in [1.54, 1.807) is 12.1 Å². The van der Waals surface area contributed by atoms with Gasteiger partial charge in [0.1, 0.15) is 0 Å². The number of rotatable bonds is 2. The van der Waals surface area contributed by atoms with E-state index in [0.29, 0.717) is 5.69 Å². The molecule has 0 radical (unpaired) electrons. The SMILES string of the molecule is CC(C)(C)c1ccc(NS(=O)(=O)Cl)cc1. The molecule has 15 heavy (non-hydrogen) atoms. The molecule has 0 spiro atoms. The minimum absolute atomic E-state index is 0.0539. The zero-order valence-corrected chi connectivity index (χ0v) is 10.5. The lowest BCUT2D eigenvalue weighted by Crippen LogP contribution is -2.11. The lowest BCUT2D eigenvalue weighted by atomic mass is 9.87. The zero-order valence-electron chi connectivity index (χ0n) is 8.91. The van der Waals surface area contributed by atoms with Crippen molar-refractivity contribution in [2.75, 3.05) is 4.72 Å². The molecule has 0 saturated carbocycles. The van der Waals surface area contributed by atoms with Gasteiger partial charge in [-0.25, -0.2) is 0 Å². The molecule has 0 saturated heterocycles. The molecule has 0 aromatic heterocycles. The Kier molecular flexibility index (Phi) is 3.31. The van der Waals surface area contributed by atoms with Gasteiger partial charge in [-0.1, -0.05) is 32.9 Å². The molecule has 0 heterocycles. The summed E-state index contributed by atoms with van der Waals surface area (Å²) in [5.74, 6) is 0. The van der Waals surface area contributed by atoms with Crippen LogP contribution in [0.25, 0.3) is 0 Å². The van der Waals surface area contributed by atoms with Crippen LogP contribution in [0.15, 0.2) is 24.3 Å². The average Bonchev–Trinajstić information content (AvgIpc) is 2.00. The molecule has 0 bridgehead atoms. The molecule has 1 rings (SSSR count). The maximum atomic E-state index is 10.7. The fourth-order valence-electron chi connectivity index (χ4n) is 1.18. The van der Waals surface area contributed by atoms with Crippen molar-refractivity contribution >= 4 is 25.6 Å². The molecular weight excluding hydrogens is 234 g/mol. The van der Waals surface area contributed by atoms with Gasteiger partial charge in [0.05, 0.1) is 0 Å². The number of anilines is 1. The number of benzene rings is 1. The molecule has 5 heteroatoms. The maximum absolute atomic E-state index is 10.7. The topological polar surface area (TPSA) is 46.2 Å². The van der Waals surface area contributed by atoms with Crippen LogP contribution in [0.5, 0.6) is 0 Å². The lowest BCUT2D eigenvalue weighted by molar-refractivity contribution is 0.590. The third kappa shape index (κ3) is 4.10. The standard InChI is InChI=1S/C10H14ClNO2S/c1-10(2,3)8-4-6-9(7-5-8)12-15(11,13)14/h4-7,12H,1-3H3. The summed E-state index contributed by atoms with van der Waals surface area (Å²) < 4.78 is 23.7. The van der Waals surface area contributed by atoms with Gasteiger partial charge in [0.2, 0.25) is 0 Å². The van der Waals surface area contributed by atoms with Gasteiger partial charge in [-0.2, -0.15) is 8.42 Å². The summed E-state index contributed by atoms with van der Waals surface area (Å²) in [7, 11) is 1.36. The van der Waals surface area contributed by atoms with Crippen LogP contribution in [0.2, 0.25) is 0 Å². The highest BCUT2D eigenvalue weighted by molar-refractivity contribution is 8.14. The van der Waals surface area contributed by atoms with Crippen molar-refractivity contribution in [3.05, 3.63) is 29.8 Å². The molecule has 84 valence electrons. The maximum Gasteiger partial charge on any atom is 0.319 e. The van der Waals surface area contributed by atoms with Crippen LogP contribution in [0.4, 0.5) is 5.69 Å². The normalized spacial score (nSPS) is 12.5. The monoisotopic (exact) mass is 247 g/mol. The molecule has 1 aromatic rings. The van der Waals surface area contributed by atoms with Crippen LogP contribution in [0.3, 0.4) is 0 Å². The van der Waals surface area contributed by atoms with Crippen LogP contribution in [-0.2, 0) is 14.7 Å². The van der Waals surface area contributed by atoms with Crippen LogP contribution >= 0.6 is 10.7 Å². The summed E-state index contributed by atoms with van der Waals surface area (Å²) in [6.45, 7) is 6.27. The van der Waals surface area contributed by atoms with Gasteiger partial charge in [-0.3, -0.25) is 4.72 Å². The van der Waals surface area contributed by atoms with Gasteiger partial charge in [0, 0.05) is 16.4 Å². The minimum atomic E-state index is -3.70. The quantitative estimate of drug-likeness (QED) is 0.817. The van der Waals surface area contributed by atoms with Gasteiger partial charge in [0.15, 0.2) is 0 Å². The van der Waals surface area contributed by atoms with Gasteiger partial charge in [-0.05, 0) is 23.1 Å². The molecule has 0 aliphatic carbocycles. The Bertz CT molecular complexity index is 431. The Morgan fingerprint density at radius 1 is 1.13 bits per heavy atom. The Balaban J connectivity index is 2.91. The average molecular weight is 248 g/mol. The Hall–Kier alpha value is -0.740. The molecule has 1 N–H and O–H groups in total. The summed E-state index contributed by atoms with van der Waals surface area (Å²) in [5.41, 5.74) is 1.66. The molecule has 1 aromatic carbocycles. The first-order valence-electron chi connectivity index (χ1n) is 4.51. The predicted octanol–water partition coefficient (Wildman–Crippen LogP) is 2.88. The molecule has 0 atom stereocenters. The van der Waals surface area contributed by atoms with Crippen molar-refractivity contribution in [2.45, 2.75) is 26.2 Å². The molecule has 0 amide bonds. The number of hydrogen-bond acceptors (Lipinski definition) is 2. The summed E-state index contributed by atoms with van der Waals surface area (Å²) in [6.07, 6.45) is 0. The van der Waals surface area contributed by atoms with Gasteiger partial charge in [-0.15, -0.1) is 0 Å². The Labute approximate surface area is 95.0 Å². The Morgan fingerprint density at radius 2 is 1.60 bits per heavy atom. The number of nitrogens with one attached hydrogen (secondary N) is 1. The second kappa shape index (κ2) is 4.02. The highest BCUT2D eigenvalue weighted by atomic mass is 35.7. The van der Waals surface area contributed by atoms with E-state index in [9.17, 15) is 8.42 Å². The van der Waals surface area contributed by atoms with E-state index in [4.69, 9.17) is 10.7 Å². The van der Waals surface area contributed by atoms with Crippen molar-refractivity contribution in [1.82, 2.24) is 0 Å². The summed E-state index contributed by atoms with van der Waals surface area (Å²) >= 11 is 0. The van der Waals surface area contributed by atoms with Crippen molar-refractivity contribution < 1.29 is 8.42 Å². The van der Waals surface area contributed by atoms with Crippen LogP contribution in [0, 0.1) is 0 Å². The van der Waals surface area contributed by atoms with Crippen molar-refractivity contribution in [2.24, 2.45) is 0 Å². The van der Waals surface area contributed by atoms with E-state index in [0.717, 1.165) is 5.56 Å². The van der Waals surface area contributed by atoms with E-state index in [-0.39, 0.29) is 5.41 Å². The van der Waals surface area contributed by atoms with Crippen molar-refractivity contribution in [3.8, 4) is 0 Å². The molecule has 3 nitrogen and oxygen atoms in total. The first-order chi connectivity index (χ1) is 6.68. The van der Waals surface area contributed by atoms with Gasteiger partial charge < -0.3 is 0 Å². The van der Waals surface area contributed by atoms with Gasteiger partial charge in [0.25, 0.3) is 0 Å². The second-order valence-electron chi connectivity index (χ2n) is 4.37. The summed E-state index contributed by atoms with van der Waals surface area (Å²) in [6, 6.07) is 7.15. The minimum Gasteiger partial charge on any atom is -0.271 e. The first kappa shape index (κ1) is 12.3. The predicted molar refractivity (Wildman–Crippen MR) is 63.5 cm³/mol. The van der Waals surface area contributed by atoms with Crippen molar-refractivity contribution in [1.29, 1.82) is 0 Å². The van der Waals surface area contributed by atoms with Gasteiger partial charge >= 0.3 is 9.24 Å². The smallest absolute Gasteiger partial charge is 0.271 e. The third-order valence-corrected chi connectivity index (χ3v) is 2.70. The molecule has 0 aliphatic rings. The highest BCUT2D eigenvalue weighted by Crippen LogP contribution is 2.23. The highest BCUT2D eigenvalue weighted by Gasteiger charge is 2.13. The van der Waals surface area contributed by atoms with Crippen LogP contribution in [-0.4, -0.2) is 8.42 Å². The van der Waals surface area contributed by atoms with Crippen LogP contribution in [0.1, 0.15) is 26.3 Å². The summed E-state index contributed by atoms with van der Waals surface area (Å²) in [5, 5.41) is 0. The van der Waals surface area contributed by atoms with E-state index in [2.05, 4.69) is 25.5 Å². The molecule has 0 unspecified atom stereocenters. The molecule has 0 fully saturated rings. The number of halogens is 1. The van der Waals surface area contributed by atoms with Crippen LogP contribution < -0.4 is 4.72 Å². The Morgan fingerprint density at radius 3 is 1.93 bits per heavy atom. The lowest BCUT2D eigenvalue weighted by Gasteiger charge is -2.19. The fourth-order valence-corrected chi connectivity index (χ4v) is 1.86. The number of hydrogen-bond donors (Lipinski definition) is 1. The summed E-state index contributed by atoms with van der Waals surface area (Å²) in [4.78, 5) is 0. The molecule has 0 aliphatic heterocycles. The van der Waals surface area contributed by atoms with E-state index < -0.39 is 9.24 Å². The third-order valence-electron chi connectivity index (χ3n) is 1.99. The van der Waals surface area contributed by atoms with E-state index in [1.165, 1.54) is 0 Å². The fraction of sp³-hybridized carbons (Fsp3) is 0.400. The van der Waals surface area contributed by atoms with E-state index >= 15 is 0 Å². The first-order valence-corrected chi connectivity index (χ1v) is 6.82. The zero-order chi connectivity index (χ0) is 11.7. The van der Waals surface area contributed by atoms with Crippen molar-refractivity contribution in [3.63, 3.8) is 0 Å². The van der Waals surface area contributed by atoms with E-state index in [1.807, 2.05) is 12.1 Å².